The van der Waals surface area contributed by atoms with Crippen LogP contribution in [0.5, 0.6) is 5.75 Å². The number of furan rings is 2. The summed E-state index contributed by atoms with van der Waals surface area (Å²) < 4.78 is 16.6. The van der Waals surface area contributed by atoms with Gasteiger partial charge in [-0.15, -0.1) is 0 Å². The van der Waals surface area contributed by atoms with Crippen LogP contribution in [-0.4, -0.2) is 15.9 Å². The van der Waals surface area contributed by atoms with E-state index in [1.807, 2.05) is 0 Å². The van der Waals surface area contributed by atoms with Crippen LogP contribution < -0.4 is 10.1 Å². The highest BCUT2D eigenvalue weighted by molar-refractivity contribution is 7.80. The number of nitrogens with one attached hydrogen (secondary N) is 1. The minimum absolute atomic E-state index is 0.222. The standard InChI is InChI=1S/C21H15N3O4S/c22-11-14-3-5-15(6-4-14)27-13-18-8-7-16(28-18)10-19-20(25)24(21(29)23-19)12-17-2-1-9-26-17/h1-10H,12-13H2,(H,23,29)/b19-10+. The zero-order chi connectivity index (χ0) is 20.2. The van der Waals surface area contributed by atoms with Gasteiger partial charge in [0, 0.05) is 6.08 Å². The van der Waals surface area contributed by atoms with Gasteiger partial charge >= 0.3 is 0 Å². The average molecular weight is 405 g/mol. The molecule has 2 aromatic heterocycles. The second-order valence-corrected chi connectivity index (χ2v) is 6.57. The molecule has 3 aromatic rings. The van der Waals surface area contributed by atoms with E-state index in [4.69, 9.17) is 31.1 Å². The second-order valence-electron chi connectivity index (χ2n) is 6.19. The molecule has 0 unspecified atom stereocenters. The highest BCUT2D eigenvalue weighted by Crippen LogP contribution is 2.20. The number of rotatable bonds is 6. The van der Waals surface area contributed by atoms with Gasteiger partial charge in [-0.2, -0.15) is 5.26 Å². The fourth-order valence-electron chi connectivity index (χ4n) is 2.75. The molecular weight excluding hydrogens is 390 g/mol. The number of nitriles is 1. The van der Waals surface area contributed by atoms with E-state index < -0.39 is 0 Å². The van der Waals surface area contributed by atoms with Crippen molar-refractivity contribution in [2.75, 3.05) is 0 Å². The molecular formula is C21H15N3O4S. The Bertz CT molecular complexity index is 1110. The Morgan fingerprint density at radius 3 is 2.72 bits per heavy atom. The van der Waals surface area contributed by atoms with Crippen molar-refractivity contribution in [2.45, 2.75) is 13.2 Å². The molecule has 29 heavy (non-hydrogen) atoms. The van der Waals surface area contributed by atoms with Gasteiger partial charge in [0.05, 0.1) is 24.4 Å². The Morgan fingerprint density at radius 2 is 2.00 bits per heavy atom. The Balaban J connectivity index is 1.40. The van der Waals surface area contributed by atoms with Gasteiger partial charge in [-0.25, -0.2) is 0 Å². The average Bonchev–Trinajstić information content (AvgIpc) is 3.46. The summed E-state index contributed by atoms with van der Waals surface area (Å²) >= 11 is 5.24. The molecule has 4 rings (SSSR count). The zero-order valence-electron chi connectivity index (χ0n) is 15.1. The summed E-state index contributed by atoms with van der Waals surface area (Å²) in [7, 11) is 0. The van der Waals surface area contributed by atoms with Crippen molar-refractivity contribution >= 4 is 29.3 Å². The van der Waals surface area contributed by atoms with Crippen molar-refractivity contribution in [1.82, 2.24) is 10.2 Å². The first-order valence-corrected chi connectivity index (χ1v) is 9.12. The van der Waals surface area contributed by atoms with E-state index in [9.17, 15) is 4.79 Å². The van der Waals surface area contributed by atoms with Gasteiger partial charge < -0.3 is 18.9 Å². The normalized spacial score (nSPS) is 14.9. The molecule has 1 N–H and O–H groups in total. The van der Waals surface area contributed by atoms with Crippen LogP contribution in [0.4, 0.5) is 0 Å². The molecule has 1 aromatic carbocycles. The minimum Gasteiger partial charge on any atom is -0.486 e. The van der Waals surface area contributed by atoms with Crippen molar-refractivity contribution in [2.24, 2.45) is 0 Å². The highest BCUT2D eigenvalue weighted by atomic mass is 32.1. The van der Waals surface area contributed by atoms with Gasteiger partial charge in [0.2, 0.25) is 0 Å². The molecule has 0 spiro atoms. The van der Waals surface area contributed by atoms with Crippen LogP contribution in [0.3, 0.4) is 0 Å². The number of benzene rings is 1. The topological polar surface area (TPSA) is 91.6 Å². The first-order valence-electron chi connectivity index (χ1n) is 8.71. The maximum absolute atomic E-state index is 12.6. The van der Waals surface area contributed by atoms with Crippen molar-refractivity contribution < 1.29 is 18.4 Å². The van der Waals surface area contributed by atoms with Gasteiger partial charge in [0.1, 0.15) is 35.3 Å². The highest BCUT2D eigenvalue weighted by Gasteiger charge is 2.31. The summed E-state index contributed by atoms with van der Waals surface area (Å²) in [4.78, 5) is 14.0. The third kappa shape index (κ3) is 4.20. The number of carbonyl (C=O) groups is 1. The first kappa shape index (κ1) is 18.5. The molecule has 1 fully saturated rings. The summed E-state index contributed by atoms with van der Waals surface area (Å²) in [5, 5.41) is 12.0. The van der Waals surface area contributed by atoms with E-state index >= 15 is 0 Å². The monoisotopic (exact) mass is 405 g/mol. The van der Waals surface area contributed by atoms with Gasteiger partial charge in [-0.05, 0) is 60.7 Å². The van der Waals surface area contributed by atoms with Crippen LogP contribution in [0.1, 0.15) is 22.8 Å². The Kier molecular flexibility index (Phi) is 5.14. The molecule has 8 heteroatoms. The molecule has 0 bridgehead atoms. The van der Waals surface area contributed by atoms with Crippen LogP contribution >= 0.6 is 12.2 Å². The number of carbonyl (C=O) groups excluding carboxylic acids is 1. The lowest BCUT2D eigenvalue weighted by Gasteiger charge is -2.11. The van der Waals surface area contributed by atoms with E-state index in [-0.39, 0.29) is 19.1 Å². The smallest absolute Gasteiger partial charge is 0.277 e. The van der Waals surface area contributed by atoms with Gasteiger partial charge in [-0.1, -0.05) is 0 Å². The molecule has 1 aliphatic heterocycles. The summed E-state index contributed by atoms with van der Waals surface area (Å²) in [6, 6.07) is 15.9. The van der Waals surface area contributed by atoms with Gasteiger partial charge in [0.15, 0.2) is 5.11 Å². The third-order valence-corrected chi connectivity index (χ3v) is 4.51. The van der Waals surface area contributed by atoms with E-state index in [2.05, 4.69) is 11.4 Å². The van der Waals surface area contributed by atoms with Crippen LogP contribution in [0.15, 0.2) is 69.3 Å². The molecule has 1 amide bonds. The van der Waals surface area contributed by atoms with Crippen LogP contribution in [0.25, 0.3) is 6.08 Å². The fraction of sp³-hybridized carbons (Fsp3) is 0.0952. The fourth-order valence-corrected chi connectivity index (χ4v) is 3.00. The van der Waals surface area contributed by atoms with Crippen LogP contribution in [0.2, 0.25) is 0 Å². The Hall–Kier alpha value is -3.83. The molecule has 1 saturated heterocycles. The van der Waals surface area contributed by atoms with E-state index in [0.29, 0.717) is 39.4 Å². The molecule has 3 heterocycles. The second kappa shape index (κ2) is 8.04. The van der Waals surface area contributed by atoms with Gasteiger partial charge in [0.25, 0.3) is 5.91 Å². The van der Waals surface area contributed by atoms with E-state index in [1.165, 1.54) is 4.90 Å². The number of hydrogen-bond donors (Lipinski definition) is 1. The molecule has 0 atom stereocenters. The zero-order valence-corrected chi connectivity index (χ0v) is 15.9. The van der Waals surface area contributed by atoms with Crippen LogP contribution in [0, 0.1) is 11.3 Å². The summed E-state index contributed by atoms with van der Waals surface area (Å²) in [5.41, 5.74) is 0.896. The maximum Gasteiger partial charge on any atom is 0.277 e. The molecule has 0 aliphatic carbocycles. The van der Waals surface area contributed by atoms with Crippen molar-refractivity contribution in [1.29, 1.82) is 5.26 Å². The number of nitrogens with zero attached hydrogens (tertiary/aromatic N) is 2. The summed E-state index contributed by atoms with van der Waals surface area (Å²) in [6.07, 6.45) is 3.15. The molecule has 1 aliphatic rings. The molecule has 0 radical (unpaired) electrons. The number of thiocarbonyl (C=S) groups is 1. The molecule has 7 nitrogen and oxygen atoms in total. The Morgan fingerprint density at radius 1 is 1.17 bits per heavy atom. The minimum atomic E-state index is -0.252. The maximum atomic E-state index is 12.6. The lowest BCUT2D eigenvalue weighted by molar-refractivity contribution is -0.122. The first-order chi connectivity index (χ1) is 14.1. The quantitative estimate of drug-likeness (QED) is 0.495. The largest absolute Gasteiger partial charge is 0.486 e. The number of ether oxygens (including phenoxy) is 1. The SMILES string of the molecule is N#Cc1ccc(OCc2ccc(/C=C3/NC(=S)N(Cc4ccco4)C3=O)o2)cc1. The predicted molar refractivity (Wildman–Crippen MR) is 107 cm³/mol. The predicted octanol–water partition coefficient (Wildman–Crippen LogP) is 3.58. The van der Waals surface area contributed by atoms with Crippen LogP contribution in [-0.2, 0) is 17.9 Å². The third-order valence-electron chi connectivity index (χ3n) is 4.19. The molecule has 0 saturated carbocycles. The number of amides is 1. The molecule has 144 valence electrons. The van der Waals surface area contributed by atoms with E-state index in [0.717, 1.165) is 0 Å². The van der Waals surface area contributed by atoms with Crippen molar-refractivity contribution in [3.05, 3.63) is 83.3 Å². The summed E-state index contributed by atoms with van der Waals surface area (Å²) in [5.74, 6) is 2.12. The number of hydrogen-bond acceptors (Lipinski definition) is 6. The Labute approximate surface area is 171 Å². The van der Waals surface area contributed by atoms with Crippen molar-refractivity contribution in [3.8, 4) is 11.8 Å². The summed E-state index contributed by atoms with van der Waals surface area (Å²) in [6.45, 7) is 0.482. The van der Waals surface area contributed by atoms with Crippen molar-refractivity contribution in [3.63, 3.8) is 0 Å². The van der Waals surface area contributed by atoms with E-state index in [1.54, 1.807) is 60.9 Å². The lowest BCUT2D eigenvalue weighted by atomic mass is 10.2. The lowest BCUT2D eigenvalue weighted by Crippen LogP contribution is -2.29. The van der Waals surface area contributed by atoms with Gasteiger partial charge in [-0.3, -0.25) is 9.69 Å².